The second kappa shape index (κ2) is 7.29. The number of benzene rings is 2. The third-order valence-corrected chi connectivity index (χ3v) is 3.38. The molecule has 0 radical (unpaired) electrons. The van der Waals surface area contributed by atoms with Gasteiger partial charge in [-0.15, -0.1) is 0 Å². The fourth-order valence-electron chi connectivity index (χ4n) is 1.98. The molecule has 0 bridgehead atoms. The van der Waals surface area contributed by atoms with Crippen LogP contribution in [-0.4, -0.2) is 20.8 Å². The van der Waals surface area contributed by atoms with Gasteiger partial charge in [0.25, 0.3) is 0 Å². The predicted octanol–water partition coefficient (Wildman–Crippen LogP) is 3.83. The van der Waals surface area contributed by atoms with Crippen molar-refractivity contribution in [2.75, 3.05) is 20.8 Å². The predicted molar refractivity (Wildman–Crippen MR) is 81.7 cm³/mol. The van der Waals surface area contributed by atoms with E-state index in [2.05, 4.69) is 5.32 Å². The van der Waals surface area contributed by atoms with Crippen molar-refractivity contribution in [1.82, 2.24) is 5.32 Å². The molecule has 1 unspecified atom stereocenters. The van der Waals surface area contributed by atoms with E-state index in [0.29, 0.717) is 28.7 Å². The normalized spacial score (nSPS) is 12.0. The van der Waals surface area contributed by atoms with E-state index in [1.807, 2.05) is 6.07 Å². The molecule has 0 spiro atoms. The maximum atomic E-state index is 14.1. The molecule has 0 amide bonds. The lowest BCUT2D eigenvalue weighted by Crippen LogP contribution is -2.24. The second-order valence-corrected chi connectivity index (χ2v) is 4.93. The van der Waals surface area contributed by atoms with E-state index in [1.54, 1.807) is 37.4 Å². The van der Waals surface area contributed by atoms with Crippen molar-refractivity contribution in [3.05, 3.63) is 58.9 Å². The lowest BCUT2D eigenvalue weighted by atomic mass is 10.1. The Balaban J connectivity index is 2.09. The maximum Gasteiger partial charge on any atom is 0.131 e. The molecule has 0 aliphatic heterocycles. The zero-order chi connectivity index (χ0) is 15.2. The lowest BCUT2D eigenvalue weighted by molar-refractivity contribution is 0.269. The first-order chi connectivity index (χ1) is 10.1. The Hall–Kier alpha value is -1.78. The molecule has 112 valence electrons. The van der Waals surface area contributed by atoms with Gasteiger partial charge in [0.15, 0.2) is 0 Å². The highest BCUT2D eigenvalue weighted by atomic mass is 35.5. The first kappa shape index (κ1) is 15.6. The number of hydrogen-bond acceptors (Lipinski definition) is 3. The number of rotatable bonds is 6. The van der Waals surface area contributed by atoms with Gasteiger partial charge in [-0.25, -0.2) is 4.39 Å². The van der Waals surface area contributed by atoms with Gasteiger partial charge >= 0.3 is 0 Å². The molecule has 1 N–H and O–H groups in total. The Bertz CT molecular complexity index is 607. The topological polar surface area (TPSA) is 30.5 Å². The minimum absolute atomic E-state index is 0.269. The van der Waals surface area contributed by atoms with Crippen molar-refractivity contribution in [2.24, 2.45) is 0 Å². The summed E-state index contributed by atoms with van der Waals surface area (Å²) in [5, 5.41) is 3.64. The molecule has 21 heavy (non-hydrogen) atoms. The molecule has 0 saturated heterocycles. The number of halogens is 2. The summed E-state index contributed by atoms with van der Waals surface area (Å²) in [4.78, 5) is 0. The lowest BCUT2D eigenvalue weighted by Gasteiger charge is -2.18. The Morgan fingerprint density at radius 1 is 1.19 bits per heavy atom. The number of hydrogen-bond donors (Lipinski definition) is 1. The van der Waals surface area contributed by atoms with Gasteiger partial charge in [0.1, 0.15) is 23.9 Å². The van der Waals surface area contributed by atoms with Crippen molar-refractivity contribution in [1.29, 1.82) is 0 Å². The van der Waals surface area contributed by atoms with Crippen LogP contribution in [0.3, 0.4) is 0 Å². The Kier molecular flexibility index (Phi) is 5.42. The molecular weight excluding hydrogens is 293 g/mol. The van der Waals surface area contributed by atoms with Crippen LogP contribution in [0.4, 0.5) is 4.39 Å². The van der Waals surface area contributed by atoms with Crippen LogP contribution in [0.1, 0.15) is 11.6 Å². The summed E-state index contributed by atoms with van der Waals surface area (Å²) < 4.78 is 24.7. The van der Waals surface area contributed by atoms with E-state index in [-0.39, 0.29) is 11.9 Å². The van der Waals surface area contributed by atoms with E-state index < -0.39 is 0 Å². The number of nitrogens with one attached hydrogen (secondary N) is 1. The van der Waals surface area contributed by atoms with E-state index in [1.165, 1.54) is 13.2 Å². The van der Waals surface area contributed by atoms with Gasteiger partial charge in [-0.2, -0.15) is 0 Å². The van der Waals surface area contributed by atoms with E-state index in [4.69, 9.17) is 21.1 Å². The van der Waals surface area contributed by atoms with Crippen LogP contribution in [-0.2, 0) is 0 Å². The second-order valence-electron chi connectivity index (χ2n) is 4.50. The third-order valence-electron chi connectivity index (χ3n) is 3.14. The molecule has 0 heterocycles. The van der Waals surface area contributed by atoms with Crippen molar-refractivity contribution in [3.8, 4) is 11.5 Å². The zero-order valence-electron chi connectivity index (χ0n) is 11.9. The molecule has 0 saturated carbocycles. The molecule has 2 aromatic carbocycles. The SMILES string of the molecule is CNC(COc1cccc(Cl)c1)c1ccc(OC)cc1F. The molecule has 1 atom stereocenters. The van der Waals surface area contributed by atoms with Crippen molar-refractivity contribution >= 4 is 11.6 Å². The van der Waals surface area contributed by atoms with Gasteiger partial charge in [-0.05, 0) is 31.3 Å². The quantitative estimate of drug-likeness (QED) is 0.880. The molecule has 5 heteroatoms. The van der Waals surface area contributed by atoms with Crippen LogP contribution >= 0.6 is 11.6 Å². The summed E-state index contributed by atoms with van der Waals surface area (Å²) in [7, 11) is 3.27. The zero-order valence-corrected chi connectivity index (χ0v) is 12.7. The molecule has 2 rings (SSSR count). The standard InChI is InChI=1S/C16H17ClFNO2/c1-19-16(10-21-13-5-3-4-11(17)8-13)14-7-6-12(20-2)9-15(14)18/h3-9,16,19H,10H2,1-2H3. The minimum Gasteiger partial charge on any atom is -0.497 e. The summed E-state index contributed by atoms with van der Waals surface area (Å²) in [6.07, 6.45) is 0. The van der Waals surface area contributed by atoms with Crippen molar-refractivity contribution in [3.63, 3.8) is 0 Å². The smallest absolute Gasteiger partial charge is 0.131 e. The molecule has 3 nitrogen and oxygen atoms in total. The minimum atomic E-state index is -0.330. The fraction of sp³-hybridized carbons (Fsp3) is 0.250. The Morgan fingerprint density at radius 3 is 2.62 bits per heavy atom. The number of ether oxygens (including phenoxy) is 2. The van der Waals surface area contributed by atoms with Crippen LogP contribution in [0.2, 0.25) is 5.02 Å². The van der Waals surface area contributed by atoms with E-state index in [0.717, 1.165) is 0 Å². The molecular formula is C16H17ClFNO2. The van der Waals surface area contributed by atoms with Gasteiger partial charge in [0, 0.05) is 16.7 Å². The summed E-state index contributed by atoms with van der Waals surface area (Å²) in [5.74, 6) is 0.807. The molecule has 0 aliphatic carbocycles. The van der Waals surface area contributed by atoms with Gasteiger partial charge in [-0.1, -0.05) is 23.7 Å². The van der Waals surface area contributed by atoms with Gasteiger partial charge < -0.3 is 14.8 Å². The maximum absolute atomic E-state index is 14.1. The molecule has 0 aliphatic rings. The summed E-state index contributed by atoms with van der Waals surface area (Å²) in [6, 6.07) is 11.6. The summed E-state index contributed by atoms with van der Waals surface area (Å²) in [6.45, 7) is 0.292. The highest BCUT2D eigenvalue weighted by molar-refractivity contribution is 6.30. The first-order valence-electron chi connectivity index (χ1n) is 6.53. The highest BCUT2D eigenvalue weighted by Crippen LogP contribution is 2.23. The molecule has 0 aromatic heterocycles. The van der Waals surface area contributed by atoms with Gasteiger partial charge in [0.2, 0.25) is 0 Å². The average Bonchev–Trinajstić information content (AvgIpc) is 2.49. The summed E-state index contributed by atoms with van der Waals surface area (Å²) in [5.41, 5.74) is 0.528. The van der Waals surface area contributed by atoms with Crippen LogP contribution in [0.25, 0.3) is 0 Å². The van der Waals surface area contributed by atoms with Gasteiger partial charge in [-0.3, -0.25) is 0 Å². The highest BCUT2D eigenvalue weighted by Gasteiger charge is 2.15. The average molecular weight is 310 g/mol. The molecule has 2 aromatic rings. The number of methoxy groups -OCH3 is 1. The largest absolute Gasteiger partial charge is 0.497 e. The monoisotopic (exact) mass is 309 g/mol. The third kappa shape index (κ3) is 4.09. The van der Waals surface area contributed by atoms with Crippen LogP contribution in [0, 0.1) is 5.82 Å². The van der Waals surface area contributed by atoms with Gasteiger partial charge in [0.05, 0.1) is 13.2 Å². The van der Waals surface area contributed by atoms with E-state index in [9.17, 15) is 4.39 Å². The van der Waals surface area contributed by atoms with Crippen LogP contribution in [0.15, 0.2) is 42.5 Å². The Labute approximate surface area is 128 Å². The van der Waals surface area contributed by atoms with Crippen LogP contribution in [0.5, 0.6) is 11.5 Å². The van der Waals surface area contributed by atoms with E-state index >= 15 is 0 Å². The molecule has 0 fully saturated rings. The fourth-order valence-corrected chi connectivity index (χ4v) is 2.16. The van der Waals surface area contributed by atoms with Crippen molar-refractivity contribution in [2.45, 2.75) is 6.04 Å². The Morgan fingerprint density at radius 2 is 2.00 bits per heavy atom. The summed E-state index contributed by atoms with van der Waals surface area (Å²) >= 11 is 5.90. The first-order valence-corrected chi connectivity index (χ1v) is 6.91. The number of likely N-dealkylation sites (N-methyl/N-ethyl adjacent to an activating group) is 1. The van der Waals surface area contributed by atoms with Crippen LogP contribution < -0.4 is 14.8 Å². The van der Waals surface area contributed by atoms with Crippen molar-refractivity contribution < 1.29 is 13.9 Å².